The molecule has 4 nitrogen and oxygen atoms in total. The number of furan rings is 1. The average molecular weight is 356 g/mol. The lowest BCUT2D eigenvalue weighted by molar-refractivity contribution is 0.0982. The van der Waals surface area contributed by atoms with E-state index in [0.717, 1.165) is 16.6 Å². The average Bonchev–Trinajstić information content (AvgIpc) is 3.22. The smallest absolute Gasteiger partial charge is 0.259 e. The van der Waals surface area contributed by atoms with Gasteiger partial charge in [-0.25, -0.2) is 4.98 Å². The maximum absolute atomic E-state index is 13.6. The van der Waals surface area contributed by atoms with Gasteiger partial charge in [-0.1, -0.05) is 36.4 Å². The maximum Gasteiger partial charge on any atom is 0.259 e. The van der Waals surface area contributed by atoms with Crippen molar-refractivity contribution in [1.82, 2.24) is 4.98 Å². The highest BCUT2D eigenvalue weighted by atomic mass is 16.3. The standard InChI is InChI=1S/C23H20N2O2/c1-16(2)25(17-9-4-3-5-10-17)23(26)19-15-21(22-13-8-14-27-22)24-20-12-7-6-11-18(19)20/h3-16H,1-2H3. The Bertz CT molecular complexity index is 1070. The van der Waals surface area contributed by atoms with E-state index in [2.05, 4.69) is 4.98 Å². The Kier molecular flexibility index (Phi) is 4.47. The molecule has 0 fully saturated rings. The molecule has 134 valence electrons. The minimum atomic E-state index is -0.0531. The van der Waals surface area contributed by atoms with Crippen LogP contribution in [0.1, 0.15) is 24.2 Å². The summed E-state index contributed by atoms with van der Waals surface area (Å²) < 4.78 is 5.51. The van der Waals surface area contributed by atoms with Crippen molar-refractivity contribution in [3.05, 3.63) is 84.6 Å². The lowest BCUT2D eigenvalue weighted by atomic mass is 10.0. The van der Waals surface area contributed by atoms with Crippen LogP contribution in [0.3, 0.4) is 0 Å². The number of para-hydroxylation sites is 2. The monoisotopic (exact) mass is 356 g/mol. The third kappa shape index (κ3) is 3.22. The van der Waals surface area contributed by atoms with Crippen molar-refractivity contribution in [1.29, 1.82) is 0 Å². The van der Waals surface area contributed by atoms with Crippen molar-refractivity contribution in [2.75, 3.05) is 4.90 Å². The van der Waals surface area contributed by atoms with E-state index in [0.29, 0.717) is 17.0 Å². The molecule has 4 heteroatoms. The van der Waals surface area contributed by atoms with E-state index in [-0.39, 0.29) is 11.9 Å². The van der Waals surface area contributed by atoms with Crippen molar-refractivity contribution >= 4 is 22.5 Å². The van der Waals surface area contributed by atoms with E-state index in [9.17, 15) is 4.79 Å². The molecular formula is C23H20N2O2. The minimum Gasteiger partial charge on any atom is -0.463 e. The second-order valence-corrected chi connectivity index (χ2v) is 6.65. The Morgan fingerprint density at radius 3 is 2.41 bits per heavy atom. The first-order chi connectivity index (χ1) is 13.1. The zero-order valence-electron chi connectivity index (χ0n) is 15.3. The number of rotatable bonds is 4. The highest BCUT2D eigenvalue weighted by Gasteiger charge is 2.23. The number of hydrogen-bond donors (Lipinski definition) is 0. The van der Waals surface area contributed by atoms with Gasteiger partial charge in [0.2, 0.25) is 0 Å². The molecule has 0 unspecified atom stereocenters. The molecule has 2 heterocycles. The molecule has 0 radical (unpaired) electrons. The summed E-state index contributed by atoms with van der Waals surface area (Å²) in [6, 6.07) is 22.9. The first-order valence-electron chi connectivity index (χ1n) is 8.97. The van der Waals surface area contributed by atoms with Crippen molar-refractivity contribution < 1.29 is 9.21 Å². The van der Waals surface area contributed by atoms with E-state index in [4.69, 9.17) is 4.42 Å². The van der Waals surface area contributed by atoms with Crippen LogP contribution in [0.5, 0.6) is 0 Å². The van der Waals surface area contributed by atoms with Crippen LogP contribution in [-0.4, -0.2) is 16.9 Å². The van der Waals surface area contributed by atoms with Crippen molar-refractivity contribution in [3.8, 4) is 11.5 Å². The summed E-state index contributed by atoms with van der Waals surface area (Å²) in [4.78, 5) is 20.1. The first-order valence-corrected chi connectivity index (χ1v) is 8.97. The lowest BCUT2D eigenvalue weighted by Gasteiger charge is -2.27. The van der Waals surface area contributed by atoms with Gasteiger partial charge in [0.05, 0.1) is 17.3 Å². The van der Waals surface area contributed by atoms with Gasteiger partial charge in [-0.15, -0.1) is 0 Å². The zero-order valence-corrected chi connectivity index (χ0v) is 15.3. The summed E-state index contributed by atoms with van der Waals surface area (Å²) in [6.45, 7) is 4.03. The van der Waals surface area contributed by atoms with Crippen LogP contribution in [0.25, 0.3) is 22.4 Å². The Balaban J connectivity index is 1.90. The van der Waals surface area contributed by atoms with Crippen LogP contribution in [0.2, 0.25) is 0 Å². The summed E-state index contributed by atoms with van der Waals surface area (Å²) >= 11 is 0. The highest BCUT2D eigenvalue weighted by molar-refractivity contribution is 6.14. The van der Waals surface area contributed by atoms with Gasteiger partial charge in [0.15, 0.2) is 5.76 Å². The number of carbonyl (C=O) groups excluding carboxylic acids is 1. The molecule has 27 heavy (non-hydrogen) atoms. The predicted molar refractivity (Wildman–Crippen MR) is 108 cm³/mol. The lowest BCUT2D eigenvalue weighted by Crippen LogP contribution is -2.37. The van der Waals surface area contributed by atoms with E-state index >= 15 is 0 Å². The molecule has 0 saturated carbocycles. The molecule has 2 aromatic carbocycles. The molecule has 0 aliphatic heterocycles. The number of nitrogens with zero attached hydrogens (tertiary/aromatic N) is 2. The number of fused-ring (bicyclic) bond motifs is 1. The van der Waals surface area contributed by atoms with Gasteiger partial charge in [0.25, 0.3) is 5.91 Å². The van der Waals surface area contributed by atoms with Gasteiger partial charge in [0.1, 0.15) is 5.69 Å². The van der Waals surface area contributed by atoms with Gasteiger partial charge < -0.3 is 9.32 Å². The molecule has 1 amide bonds. The summed E-state index contributed by atoms with van der Waals surface area (Å²) in [6.07, 6.45) is 1.61. The number of aromatic nitrogens is 1. The molecule has 0 spiro atoms. The fourth-order valence-corrected chi connectivity index (χ4v) is 3.27. The van der Waals surface area contributed by atoms with Crippen LogP contribution in [0.4, 0.5) is 5.69 Å². The van der Waals surface area contributed by atoms with Gasteiger partial charge >= 0.3 is 0 Å². The second kappa shape index (κ2) is 7.08. The van der Waals surface area contributed by atoms with E-state index in [1.165, 1.54) is 0 Å². The molecule has 0 bridgehead atoms. The highest BCUT2D eigenvalue weighted by Crippen LogP contribution is 2.28. The largest absolute Gasteiger partial charge is 0.463 e. The van der Waals surface area contributed by atoms with Gasteiger partial charge in [-0.05, 0) is 50.2 Å². The Morgan fingerprint density at radius 2 is 1.70 bits per heavy atom. The molecule has 4 rings (SSSR count). The maximum atomic E-state index is 13.6. The fraction of sp³-hybridized carbons (Fsp3) is 0.130. The third-order valence-electron chi connectivity index (χ3n) is 4.49. The normalized spacial score (nSPS) is 11.1. The number of amides is 1. The number of carbonyl (C=O) groups is 1. The summed E-state index contributed by atoms with van der Waals surface area (Å²) in [5.74, 6) is 0.591. The van der Waals surface area contributed by atoms with Gasteiger partial charge in [-0.2, -0.15) is 0 Å². The van der Waals surface area contributed by atoms with Crippen molar-refractivity contribution in [2.45, 2.75) is 19.9 Å². The summed E-state index contributed by atoms with van der Waals surface area (Å²) in [5, 5.41) is 0.833. The van der Waals surface area contributed by atoms with Crippen LogP contribution in [0, 0.1) is 0 Å². The number of pyridine rings is 1. The topological polar surface area (TPSA) is 46.3 Å². The number of anilines is 1. The second-order valence-electron chi connectivity index (χ2n) is 6.65. The first kappa shape index (κ1) is 17.0. The number of benzene rings is 2. The SMILES string of the molecule is CC(C)N(C(=O)c1cc(-c2ccco2)nc2ccccc12)c1ccccc1. The molecule has 2 aromatic heterocycles. The van der Waals surface area contributed by atoms with Gasteiger partial charge in [0, 0.05) is 17.1 Å². The van der Waals surface area contributed by atoms with Crippen LogP contribution in [-0.2, 0) is 0 Å². The summed E-state index contributed by atoms with van der Waals surface area (Å²) in [7, 11) is 0. The van der Waals surface area contributed by atoms with Crippen molar-refractivity contribution in [2.24, 2.45) is 0 Å². The molecule has 0 saturated heterocycles. The molecule has 0 atom stereocenters. The molecule has 0 aliphatic rings. The minimum absolute atomic E-state index is 0.0129. The van der Waals surface area contributed by atoms with Crippen LogP contribution in [0.15, 0.2) is 83.5 Å². The Labute approximate surface area is 158 Å². The third-order valence-corrected chi connectivity index (χ3v) is 4.49. The van der Waals surface area contributed by atoms with Crippen LogP contribution >= 0.6 is 0 Å². The van der Waals surface area contributed by atoms with E-state index < -0.39 is 0 Å². The molecule has 4 aromatic rings. The van der Waals surface area contributed by atoms with E-state index in [1.54, 1.807) is 6.26 Å². The Morgan fingerprint density at radius 1 is 0.963 bits per heavy atom. The fourth-order valence-electron chi connectivity index (χ4n) is 3.27. The van der Waals surface area contributed by atoms with Gasteiger partial charge in [-0.3, -0.25) is 4.79 Å². The Hall–Kier alpha value is -3.40. The molecule has 0 N–H and O–H groups in total. The van der Waals surface area contributed by atoms with Crippen molar-refractivity contribution in [3.63, 3.8) is 0 Å². The van der Waals surface area contributed by atoms with Crippen LogP contribution < -0.4 is 4.90 Å². The quantitative estimate of drug-likeness (QED) is 0.481. The van der Waals surface area contributed by atoms with E-state index in [1.807, 2.05) is 91.5 Å². The molecular weight excluding hydrogens is 336 g/mol. The summed E-state index contributed by atoms with van der Waals surface area (Å²) in [5.41, 5.74) is 2.91. The molecule has 0 aliphatic carbocycles. The number of hydrogen-bond acceptors (Lipinski definition) is 3. The zero-order chi connectivity index (χ0) is 18.8. The predicted octanol–water partition coefficient (Wildman–Crippen LogP) is 5.55.